The number of rotatable bonds is 3. The van der Waals surface area contributed by atoms with Crippen LogP contribution in [-0.2, 0) is 12.8 Å². The SMILES string of the molecule is c1ccc(C2CC(Nc3ccc4c(c3)CCC4)C2)cc1. The van der Waals surface area contributed by atoms with Gasteiger partial charge in [-0.15, -0.1) is 0 Å². The Hall–Kier alpha value is -1.76. The van der Waals surface area contributed by atoms with E-state index in [1.807, 2.05) is 0 Å². The molecule has 102 valence electrons. The minimum absolute atomic E-state index is 0.652. The third-order valence-electron chi connectivity index (χ3n) is 4.88. The van der Waals surface area contributed by atoms with E-state index in [1.165, 1.54) is 43.4 Å². The van der Waals surface area contributed by atoms with Crippen LogP contribution in [0.2, 0.25) is 0 Å². The second-order valence-electron chi connectivity index (χ2n) is 6.26. The molecule has 2 aromatic carbocycles. The highest BCUT2D eigenvalue weighted by molar-refractivity contribution is 5.51. The molecular weight excluding hydrogens is 242 g/mol. The molecule has 0 saturated heterocycles. The standard InChI is InChI=1S/C19H21N/c1-2-5-14(6-3-1)17-12-19(13-17)20-18-10-9-15-7-4-8-16(15)11-18/h1-3,5-6,9-11,17,19-20H,4,7-8,12-13H2. The molecule has 0 atom stereocenters. The molecule has 2 aromatic rings. The third kappa shape index (κ3) is 2.22. The Morgan fingerprint density at radius 2 is 1.65 bits per heavy atom. The second kappa shape index (κ2) is 4.97. The maximum absolute atomic E-state index is 3.71. The molecule has 1 fully saturated rings. The fourth-order valence-electron chi connectivity index (χ4n) is 3.63. The van der Waals surface area contributed by atoms with E-state index < -0.39 is 0 Å². The number of nitrogens with one attached hydrogen (secondary N) is 1. The zero-order valence-electron chi connectivity index (χ0n) is 11.8. The highest BCUT2D eigenvalue weighted by Gasteiger charge is 2.30. The first kappa shape index (κ1) is 12.0. The average molecular weight is 263 g/mol. The van der Waals surface area contributed by atoms with Crippen LogP contribution in [0, 0.1) is 0 Å². The van der Waals surface area contributed by atoms with E-state index in [2.05, 4.69) is 53.8 Å². The molecule has 0 aromatic heterocycles. The first-order valence-electron chi connectivity index (χ1n) is 7.82. The highest BCUT2D eigenvalue weighted by Crippen LogP contribution is 2.38. The van der Waals surface area contributed by atoms with E-state index >= 15 is 0 Å². The van der Waals surface area contributed by atoms with Crippen LogP contribution in [0.3, 0.4) is 0 Å². The normalized spacial score (nSPS) is 24.0. The first-order valence-corrected chi connectivity index (χ1v) is 7.82. The van der Waals surface area contributed by atoms with Crippen LogP contribution in [0.5, 0.6) is 0 Å². The Morgan fingerprint density at radius 1 is 0.850 bits per heavy atom. The predicted octanol–water partition coefficient (Wildman–Crippen LogP) is 4.53. The van der Waals surface area contributed by atoms with Crippen molar-refractivity contribution in [2.24, 2.45) is 0 Å². The molecule has 0 amide bonds. The van der Waals surface area contributed by atoms with Crippen LogP contribution in [0.4, 0.5) is 5.69 Å². The van der Waals surface area contributed by atoms with Crippen molar-refractivity contribution in [3.8, 4) is 0 Å². The Bertz CT molecular complexity index is 596. The molecule has 4 rings (SSSR count). The molecule has 20 heavy (non-hydrogen) atoms. The zero-order valence-corrected chi connectivity index (χ0v) is 11.8. The number of hydrogen-bond donors (Lipinski definition) is 1. The van der Waals surface area contributed by atoms with E-state index in [1.54, 1.807) is 11.1 Å². The molecule has 1 heteroatoms. The molecule has 0 unspecified atom stereocenters. The van der Waals surface area contributed by atoms with Crippen LogP contribution in [0.25, 0.3) is 0 Å². The van der Waals surface area contributed by atoms with E-state index in [0.29, 0.717) is 6.04 Å². The predicted molar refractivity (Wildman–Crippen MR) is 84.3 cm³/mol. The van der Waals surface area contributed by atoms with Crippen LogP contribution in [0.15, 0.2) is 48.5 Å². The van der Waals surface area contributed by atoms with Crippen LogP contribution in [-0.4, -0.2) is 6.04 Å². The smallest absolute Gasteiger partial charge is 0.0345 e. The lowest BCUT2D eigenvalue weighted by atomic mass is 9.76. The summed E-state index contributed by atoms with van der Waals surface area (Å²) in [5, 5.41) is 3.71. The minimum Gasteiger partial charge on any atom is -0.382 e. The summed E-state index contributed by atoms with van der Waals surface area (Å²) >= 11 is 0. The molecular formula is C19H21N. The number of hydrogen-bond acceptors (Lipinski definition) is 1. The summed E-state index contributed by atoms with van der Waals surface area (Å²) < 4.78 is 0. The summed E-state index contributed by atoms with van der Waals surface area (Å²) in [6.45, 7) is 0. The summed E-state index contributed by atoms with van der Waals surface area (Å²) in [5.41, 5.74) is 5.95. The third-order valence-corrected chi connectivity index (χ3v) is 4.88. The maximum Gasteiger partial charge on any atom is 0.0345 e. The first-order chi connectivity index (χ1) is 9.88. The average Bonchev–Trinajstić information content (AvgIpc) is 2.91. The van der Waals surface area contributed by atoms with Gasteiger partial charge in [0.1, 0.15) is 0 Å². The van der Waals surface area contributed by atoms with Crippen LogP contribution < -0.4 is 5.32 Å². The van der Waals surface area contributed by atoms with Crippen LogP contribution in [0.1, 0.15) is 41.9 Å². The van der Waals surface area contributed by atoms with Crippen molar-refractivity contribution in [2.45, 2.75) is 44.1 Å². The fraction of sp³-hybridized carbons (Fsp3) is 0.368. The number of benzene rings is 2. The molecule has 0 aliphatic heterocycles. The van der Waals surface area contributed by atoms with E-state index in [4.69, 9.17) is 0 Å². The van der Waals surface area contributed by atoms with Crippen molar-refractivity contribution in [3.05, 3.63) is 65.2 Å². The largest absolute Gasteiger partial charge is 0.382 e. The lowest BCUT2D eigenvalue weighted by Crippen LogP contribution is -2.33. The number of aryl methyl sites for hydroxylation is 2. The Morgan fingerprint density at radius 3 is 2.50 bits per heavy atom. The van der Waals surface area contributed by atoms with E-state index in [-0.39, 0.29) is 0 Å². The lowest BCUT2D eigenvalue weighted by molar-refractivity contribution is 0.374. The summed E-state index contributed by atoms with van der Waals surface area (Å²) in [5.74, 6) is 0.753. The van der Waals surface area contributed by atoms with Gasteiger partial charge in [0.25, 0.3) is 0 Å². The van der Waals surface area contributed by atoms with Crippen molar-refractivity contribution in [1.29, 1.82) is 0 Å². The summed E-state index contributed by atoms with van der Waals surface area (Å²) in [4.78, 5) is 0. The molecule has 2 aliphatic rings. The summed E-state index contributed by atoms with van der Waals surface area (Å²) in [7, 11) is 0. The summed E-state index contributed by atoms with van der Waals surface area (Å²) in [6, 6.07) is 18.5. The Balaban J connectivity index is 1.38. The molecule has 1 N–H and O–H groups in total. The molecule has 0 bridgehead atoms. The highest BCUT2D eigenvalue weighted by atomic mass is 14.9. The van der Waals surface area contributed by atoms with Gasteiger partial charge in [0.15, 0.2) is 0 Å². The fourth-order valence-corrected chi connectivity index (χ4v) is 3.63. The van der Waals surface area contributed by atoms with Gasteiger partial charge in [0.2, 0.25) is 0 Å². The second-order valence-corrected chi connectivity index (χ2v) is 6.26. The van der Waals surface area contributed by atoms with Gasteiger partial charge < -0.3 is 5.32 Å². The van der Waals surface area contributed by atoms with Gasteiger partial charge in [-0.1, -0.05) is 36.4 Å². The van der Waals surface area contributed by atoms with Gasteiger partial charge in [-0.25, -0.2) is 0 Å². The monoisotopic (exact) mass is 263 g/mol. The van der Waals surface area contributed by atoms with Gasteiger partial charge in [-0.2, -0.15) is 0 Å². The Labute approximate surface area is 121 Å². The molecule has 0 radical (unpaired) electrons. The number of anilines is 1. The topological polar surface area (TPSA) is 12.0 Å². The van der Waals surface area contributed by atoms with Crippen LogP contribution >= 0.6 is 0 Å². The van der Waals surface area contributed by atoms with Crippen molar-refractivity contribution >= 4 is 5.69 Å². The molecule has 1 nitrogen and oxygen atoms in total. The number of fused-ring (bicyclic) bond motifs is 1. The molecule has 2 aliphatic carbocycles. The van der Waals surface area contributed by atoms with Crippen molar-refractivity contribution in [3.63, 3.8) is 0 Å². The lowest BCUT2D eigenvalue weighted by Gasteiger charge is -2.37. The van der Waals surface area contributed by atoms with Crippen molar-refractivity contribution in [1.82, 2.24) is 0 Å². The quantitative estimate of drug-likeness (QED) is 0.857. The molecule has 0 spiro atoms. The minimum atomic E-state index is 0.652. The Kier molecular flexibility index (Phi) is 2.99. The van der Waals surface area contributed by atoms with E-state index in [0.717, 1.165) is 5.92 Å². The van der Waals surface area contributed by atoms with E-state index in [9.17, 15) is 0 Å². The van der Waals surface area contributed by atoms with Crippen molar-refractivity contribution in [2.75, 3.05) is 5.32 Å². The van der Waals surface area contributed by atoms with Gasteiger partial charge in [0, 0.05) is 11.7 Å². The van der Waals surface area contributed by atoms with Gasteiger partial charge in [0.05, 0.1) is 0 Å². The zero-order chi connectivity index (χ0) is 13.4. The summed E-state index contributed by atoms with van der Waals surface area (Å²) in [6.07, 6.45) is 6.40. The molecule has 0 heterocycles. The maximum atomic E-state index is 3.71. The van der Waals surface area contributed by atoms with Gasteiger partial charge in [-0.05, 0) is 66.8 Å². The van der Waals surface area contributed by atoms with Gasteiger partial charge in [-0.3, -0.25) is 0 Å². The molecule has 1 saturated carbocycles. The van der Waals surface area contributed by atoms with Crippen molar-refractivity contribution < 1.29 is 0 Å². The van der Waals surface area contributed by atoms with Gasteiger partial charge >= 0.3 is 0 Å².